The summed E-state index contributed by atoms with van der Waals surface area (Å²) < 4.78 is 0. The third-order valence-electron chi connectivity index (χ3n) is 4.14. The van der Waals surface area contributed by atoms with Gasteiger partial charge in [-0.2, -0.15) is 0 Å². The molecule has 1 aliphatic rings. The SMILES string of the molecule is CC(C)CCC(C)NC(=O)CN1CCCCC1CCO. The van der Waals surface area contributed by atoms with Gasteiger partial charge in [0.1, 0.15) is 0 Å². The number of hydrogen-bond acceptors (Lipinski definition) is 3. The Morgan fingerprint density at radius 2 is 2.05 bits per heavy atom. The summed E-state index contributed by atoms with van der Waals surface area (Å²) in [5.41, 5.74) is 0. The number of nitrogens with one attached hydrogen (secondary N) is 1. The Labute approximate surface area is 123 Å². The fraction of sp³-hybridized carbons (Fsp3) is 0.938. The van der Waals surface area contributed by atoms with E-state index in [0.29, 0.717) is 18.5 Å². The highest BCUT2D eigenvalue weighted by Crippen LogP contribution is 2.19. The van der Waals surface area contributed by atoms with Crippen molar-refractivity contribution in [2.75, 3.05) is 19.7 Å². The van der Waals surface area contributed by atoms with Crippen LogP contribution in [0.15, 0.2) is 0 Å². The van der Waals surface area contributed by atoms with Gasteiger partial charge in [0.15, 0.2) is 0 Å². The molecule has 1 fully saturated rings. The summed E-state index contributed by atoms with van der Waals surface area (Å²) in [6.45, 7) is 8.19. The standard InChI is InChI=1S/C16H32N2O2/c1-13(2)7-8-14(3)17-16(20)12-18-10-5-4-6-15(18)9-11-19/h13-15,19H,4-12H2,1-3H3,(H,17,20). The third kappa shape index (κ3) is 6.71. The summed E-state index contributed by atoms with van der Waals surface area (Å²) in [4.78, 5) is 14.3. The van der Waals surface area contributed by atoms with Gasteiger partial charge in [-0.15, -0.1) is 0 Å². The molecule has 0 saturated carbocycles. The number of carbonyl (C=O) groups is 1. The van der Waals surface area contributed by atoms with E-state index < -0.39 is 0 Å². The zero-order valence-corrected chi connectivity index (χ0v) is 13.4. The van der Waals surface area contributed by atoms with Crippen LogP contribution in [0.5, 0.6) is 0 Å². The van der Waals surface area contributed by atoms with Crippen molar-refractivity contribution in [3.8, 4) is 0 Å². The van der Waals surface area contributed by atoms with Gasteiger partial charge in [0, 0.05) is 18.7 Å². The van der Waals surface area contributed by atoms with E-state index >= 15 is 0 Å². The van der Waals surface area contributed by atoms with Gasteiger partial charge >= 0.3 is 0 Å². The van der Waals surface area contributed by atoms with Crippen LogP contribution < -0.4 is 5.32 Å². The van der Waals surface area contributed by atoms with Crippen molar-refractivity contribution in [2.24, 2.45) is 5.92 Å². The molecule has 2 N–H and O–H groups in total. The predicted octanol–water partition coefficient (Wildman–Crippen LogP) is 2.16. The van der Waals surface area contributed by atoms with Crippen molar-refractivity contribution in [3.63, 3.8) is 0 Å². The molecule has 2 unspecified atom stereocenters. The molecule has 1 aliphatic heterocycles. The molecule has 0 bridgehead atoms. The van der Waals surface area contributed by atoms with Crippen LogP contribution in [0.1, 0.15) is 59.3 Å². The Kier molecular flexibility index (Phi) is 8.15. The molecule has 1 rings (SSSR count). The highest BCUT2D eigenvalue weighted by molar-refractivity contribution is 5.78. The second-order valence-corrected chi connectivity index (χ2v) is 6.57. The molecule has 1 heterocycles. The molecule has 0 radical (unpaired) electrons. The number of piperidine rings is 1. The Morgan fingerprint density at radius 1 is 1.30 bits per heavy atom. The highest BCUT2D eigenvalue weighted by Gasteiger charge is 2.24. The van der Waals surface area contributed by atoms with E-state index in [1.165, 1.54) is 6.42 Å². The Bertz CT molecular complexity index is 280. The van der Waals surface area contributed by atoms with Gasteiger partial charge in [-0.1, -0.05) is 20.3 Å². The van der Waals surface area contributed by atoms with E-state index in [1.807, 2.05) is 0 Å². The fourth-order valence-corrected chi connectivity index (χ4v) is 2.90. The molecular weight excluding hydrogens is 252 g/mol. The van der Waals surface area contributed by atoms with E-state index in [1.54, 1.807) is 0 Å². The van der Waals surface area contributed by atoms with E-state index in [-0.39, 0.29) is 18.6 Å². The van der Waals surface area contributed by atoms with E-state index in [4.69, 9.17) is 5.11 Å². The van der Waals surface area contributed by atoms with Crippen molar-refractivity contribution >= 4 is 5.91 Å². The number of amides is 1. The lowest BCUT2D eigenvalue weighted by Gasteiger charge is -2.35. The van der Waals surface area contributed by atoms with Crippen LogP contribution in [-0.2, 0) is 4.79 Å². The van der Waals surface area contributed by atoms with E-state index in [9.17, 15) is 4.79 Å². The van der Waals surface area contributed by atoms with Gasteiger partial charge in [-0.25, -0.2) is 0 Å². The molecule has 0 spiro atoms. The molecule has 0 aromatic heterocycles. The number of nitrogens with zero attached hydrogens (tertiary/aromatic N) is 1. The zero-order valence-electron chi connectivity index (χ0n) is 13.4. The molecule has 4 heteroatoms. The average Bonchev–Trinajstić information content (AvgIpc) is 2.39. The second kappa shape index (κ2) is 9.35. The lowest BCUT2D eigenvalue weighted by Crippen LogP contribution is -2.47. The third-order valence-corrected chi connectivity index (χ3v) is 4.14. The quantitative estimate of drug-likeness (QED) is 0.718. The minimum atomic E-state index is 0.131. The van der Waals surface area contributed by atoms with Crippen LogP contribution in [0.3, 0.4) is 0 Å². The molecule has 20 heavy (non-hydrogen) atoms. The Hall–Kier alpha value is -0.610. The van der Waals surface area contributed by atoms with Gasteiger partial charge in [0.05, 0.1) is 6.54 Å². The Morgan fingerprint density at radius 3 is 2.70 bits per heavy atom. The maximum absolute atomic E-state index is 12.1. The predicted molar refractivity (Wildman–Crippen MR) is 82.6 cm³/mol. The van der Waals surface area contributed by atoms with E-state index in [2.05, 4.69) is 31.0 Å². The monoisotopic (exact) mass is 284 g/mol. The molecular formula is C16H32N2O2. The average molecular weight is 284 g/mol. The van der Waals surface area contributed by atoms with Crippen molar-refractivity contribution in [2.45, 2.75) is 71.4 Å². The summed E-state index contributed by atoms with van der Waals surface area (Å²) in [5.74, 6) is 0.816. The topological polar surface area (TPSA) is 52.6 Å². The fourth-order valence-electron chi connectivity index (χ4n) is 2.90. The Balaban J connectivity index is 2.32. The van der Waals surface area contributed by atoms with Gasteiger partial charge in [-0.05, 0) is 51.5 Å². The van der Waals surface area contributed by atoms with Crippen molar-refractivity contribution in [1.82, 2.24) is 10.2 Å². The van der Waals surface area contributed by atoms with Crippen LogP contribution >= 0.6 is 0 Å². The summed E-state index contributed by atoms with van der Waals surface area (Å²) in [6.07, 6.45) is 6.47. The maximum atomic E-state index is 12.1. The van der Waals surface area contributed by atoms with Crippen molar-refractivity contribution in [1.29, 1.82) is 0 Å². The lowest BCUT2D eigenvalue weighted by molar-refractivity contribution is -0.124. The normalized spacial score (nSPS) is 21.9. The first-order chi connectivity index (χ1) is 9.52. The first kappa shape index (κ1) is 17.4. The number of likely N-dealkylation sites (tertiary alicyclic amines) is 1. The van der Waals surface area contributed by atoms with Gasteiger partial charge in [0.2, 0.25) is 5.91 Å². The largest absolute Gasteiger partial charge is 0.396 e. The lowest BCUT2D eigenvalue weighted by atomic mass is 9.99. The molecule has 1 saturated heterocycles. The summed E-state index contributed by atoms with van der Waals surface area (Å²) in [6, 6.07) is 0.636. The molecule has 0 aromatic rings. The molecule has 4 nitrogen and oxygen atoms in total. The van der Waals surface area contributed by atoms with Gasteiger partial charge in [0.25, 0.3) is 0 Å². The number of aliphatic hydroxyl groups is 1. The number of aliphatic hydroxyl groups excluding tert-OH is 1. The van der Waals surface area contributed by atoms with Gasteiger partial charge < -0.3 is 10.4 Å². The van der Waals surface area contributed by atoms with Crippen LogP contribution in [0.4, 0.5) is 0 Å². The highest BCUT2D eigenvalue weighted by atomic mass is 16.3. The van der Waals surface area contributed by atoms with Crippen molar-refractivity contribution < 1.29 is 9.90 Å². The zero-order chi connectivity index (χ0) is 15.0. The van der Waals surface area contributed by atoms with Crippen LogP contribution in [0.2, 0.25) is 0 Å². The first-order valence-corrected chi connectivity index (χ1v) is 8.17. The summed E-state index contributed by atoms with van der Waals surface area (Å²) >= 11 is 0. The maximum Gasteiger partial charge on any atom is 0.234 e. The second-order valence-electron chi connectivity index (χ2n) is 6.57. The summed E-state index contributed by atoms with van der Waals surface area (Å²) in [5, 5.41) is 12.2. The van der Waals surface area contributed by atoms with E-state index in [0.717, 1.165) is 38.6 Å². The molecule has 0 aliphatic carbocycles. The number of carbonyl (C=O) groups excluding carboxylic acids is 1. The number of rotatable bonds is 8. The van der Waals surface area contributed by atoms with Gasteiger partial charge in [-0.3, -0.25) is 9.69 Å². The summed E-state index contributed by atoms with van der Waals surface area (Å²) in [7, 11) is 0. The van der Waals surface area contributed by atoms with Crippen molar-refractivity contribution in [3.05, 3.63) is 0 Å². The molecule has 2 atom stereocenters. The smallest absolute Gasteiger partial charge is 0.234 e. The van der Waals surface area contributed by atoms with Crippen LogP contribution in [0, 0.1) is 5.92 Å². The van der Waals surface area contributed by atoms with Crippen LogP contribution in [0.25, 0.3) is 0 Å². The molecule has 118 valence electrons. The first-order valence-electron chi connectivity index (χ1n) is 8.17. The molecule has 0 aromatic carbocycles. The van der Waals surface area contributed by atoms with Crippen LogP contribution in [-0.4, -0.2) is 47.7 Å². The molecule has 1 amide bonds. The minimum absolute atomic E-state index is 0.131. The minimum Gasteiger partial charge on any atom is -0.396 e. The number of hydrogen-bond donors (Lipinski definition) is 2.